The van der Waals surface area contributed by atoms with Crippen LogP contribution in [-0.4, -0.2) is 17.0 Å². The Hall–Kier alpha value is -1.94. The van der Waals surface area contributed by atoms with Crippen molar-refractivity contribution in [2.24, 2.45) is 0 Å². The average molecular weight is 215 g/mol. The van der Waals surface area contributed by atoms with Crippen molar-refractivity contribution in [3.05, 3.63) is 48.3 Å². The van der Waals surface area contributed by atoms with E-state index in [-0.39, 0.29) is 0 Å². The van der Waals surface area contributed by atoms with Crippen LogP contribution in [0.1, 0.15) is 5.56 Å². The summed E-state index contributed by atoms with van der Waals surface area (Å²) in [4.78, 5) is 7.97. The predicted molar refractivity (Wildman–Crippen MR) is 61.3 cm³/mol. The van der Waals surface area contributed by atoms with Crippen molar-refractivity contribution in [1.82, 2.24) is 15.3 Å². The third-order valence-electron chi connectivity index (χ3n) is 2.06. The van der Waals surface area contributed by atoms with Crippen LogP contribution in [0.3, 0.4) is 0 Å². The lowest BCUT2D eigenvalue weighted by Crippen LogP contribution is -2.04. The second-order valence-electron chi connectivity index (χ2n) is 3.31. The van der Waals surface area contributed by atoms with E-state index in [1.54, 1.807) is 18.5 Å². The van der Waals surface area contributed by atoms with Gasteiger partial charge in [0.05, 0.1) is 0 Å². The lowest BCUT2D eigenvalue weighted by Gasteiger charge is -2.04. The van der Waals surface area contributed by atoms with Crippen molar-refractivity contribution in [3.63, 3.8) is 0 Å². The molecule has 1 aromatic carbocycles. The minimum Gasteiger partial charge on any atom is -0.424 e. The van der Waals surface area contributed by atoms with Gasteiger partial charge >= 0.3 is 6.01 Å². The highest BCUT2D eigenvalue weighted by atomic mass is 16.5. The van der Waals surface area contributed by atoms with Crippen LogP contribution < -0.4 is 10.1 Å². The first-order valence-electron chi connectivity index (χ1n) is 5.07. The van der Waals surface area contributed by atoms with Gasteiger partial charge in [-0.25, -0.2) is 9.97 Å². The molecule has 2 rings (SSSR count). The van der Waals surface area contributed by atoms with Crippen LogP contribution in [0.15, 0.2) is 42.7 Å². The second kappa shape index (κ2) is 5.23. The molecule has 4 heteroatoms. The second-order valence-corrected chi connectivity index (χ2v) is 3.31. The maximum atomic E-state index is 5.47. The summed E-state index contributed by atoms with van der Waals surface area (Å²) in [7, 11) is 1.92. The van der Waals surface area contributed by atoms with Crippen LogP contribution in [0.4, 0.5) is 0 Å². The first-order valence-corrected chi connectivity index (χ1v) is 5.07. The number of hydrogen-bond acceptors (Lipinski definition) is 4. The fraction of sp³-hybridized carbons (Fsp3) is 0.167. The lowest BCUT2D eigenvalue weighted by atomic mass is 10.2. The highest BCUT2D eigenvalue weighted by Crippen LogP contribution is 2.17. The van der Waals surface area contributed by atoms with Gasteiger partial charge in [-0.05, 0) is 30.8 Å². The summed E-state index contributed by atoms with van der Waals surface area (Å²) >= 11 is 0. The Kier molecular flexibility index (Phi) is 3.46. The van der Waals surface area contributed by atoms with Crippen LogP contribution in [0.2, 0.25) is 0 Å². The first-order chi connectivity index (χ1) is 7.88. The molecule has 0 saturated heterocycles. The van der Waals surface area contributed by atoms with E-state index < -0.39 is 0 Å². The Morgan fingerprint density at radius 2 is 1.81 bits per heavy atom. The van der Waals surface area contributed by atoms with E-state index in [0.29, 0.717) is 6.01 Å². The standard InChI is InChI=1S/C12H13N3O/c1-13-9-10-3-5-11(6-4-10)16-12-14-7-2-8-15-12/h2-8,13H,9H2,1H3. The minimum absolute atomic E-state index is 0.365. The molecule has 1 aromatic heterocycles. The van der Waals surface area contributed by atoms with Crippen molar-refractivity contribution in [2.75, 3.05) is 7.05 Å². The summed E-state index contributed by atoms with van der Waals surface area (Å²) in [5, 5.41) is 3.09. The monoisotopic (exact) mass is 215 g/mol. The summed E-state index contributed by atoms with van der Waals surface area (Å²) in [6, 6.07) is 9.95. The third-order valence-corrected chi connectivity index (χ3v) is 2.06. The average Bonchev–Trinajstić information content (AvgIpc) is 2.33. The van der Waals surface area contributed by atoms with Crippen molar-refractivity contribution >= 4 is 0 Å². The van der Waals surface area contributed by atoms with Crippen LogP contribution in [0.25, 0.3) is 0 Å². The van der Waals surface area contributed by atoms with Gasteiger partial charge in [0.1, 0.15) is 5.75 Å². The van der Waals surface area contributed by atoms with Gasteiger partial charge < -0.3 is 10.1 Å². The summed E-state index contributed by atoms with van der Waals surface area (Å²) in [5.74, 6) is 0.742. The zero-order valence-electron chi connectivity index (χ0n) is 9.05. The number of nitrogens with zero attached hydrogens (tertiary/aromatic N) is 2. The van der Waals surface area contributed by atoms with Gasteiger partial charge in [0.15, 0.2) is 0 Å². The molecule has 0 radical (unpaired) electrons. The SMILES string of the molecule is CNCc1ccc(Oc2ncccn2)cc1. The molecule has 0 amide bonds. The number of ether oxygens (including phenoxy) is 1. The Labute approximate surface area is 94.3 Å². The van der Waals surface area contributed by atoms with Gasteiger partial charge in [0.25, 0.3) is 0 Å². The lowest BCUT2D eigenvalue weighted by molar-refractivity contribution is 0.441. The third kappa shape index (κ3) is 2.77. The van der Waals surface area contributed by atoms with Crippen LogP contribution in [-0.2, 0) is 6.54 Å². The van der Waals surface area contributed by atoms with Crippen LogP contribution in [0, 0.1) is 0 Å². The molecule has 0 atom stereocenters. The molecule has 0 bridgehead atoms. The van der Waals surface area contributed by atoms with Gasteiger partial charge in [0.2, 0.25) is 0 Å². The van der Waals surface area contributed by atoms with E-state index in [0.717, 1.165) is 12.3 Å². The normalized spacial score (nSPS) is 10.1. The van der Waals surface area contributed by atoms with E-state index in [1.165, 1.54) is 5.56 Å². The molecular formula is C12H13N3O. The molecule has 0 aliphatic carbocycles. The molecule has 0 aliphatic rings. The molecule has 0 fully saturated rings. The largest absolute Gasteiger partial charge is 0.424 e. The summed E-state index contributed by atoms with van der Waals surface area (Å²) in [5.41, 5.74) is 1.21. The number of nitrogens with one attached hydrogen (secondary N) is 1. The summed E-state index contributed by atoms with van der Waals surface area (Å²) in [6.07, 6.45) is 3.30. The quantitative estimate of drug-likeness (QED) is 0.847. The van der Waals surface area contributed by atoms with E-state index in [4.69, 9.17) is 4.74 Å². The maximum Gasteiger partial charge on any atom is 0.321 e. The Morgan fingerprint density at radius 1 is 1.12 bits per heavy atom. The summed E-state index contributed by atoms with van der Waals surface area (Å²) < 4.78 is 5.47. The topological polar surface area (TPSA) is 47.0 Å². The molecule has 0 saturated carbocycles. The van der Waals surface area contributed by atoms with Gasteiger partial charge in [-0.15, -0.1) is 0 Å². The fourth-order valence-corrected chi connectivity index (χ4v) is 1.32. The molecule has 0 spiro atoms. The molecule has 16 heavy (non-hydrogen) atoms. The van der Waals surface area contributed by atoms with E-state index in [1.807, 2.05) is 31.3 Å². The van der Waals surface area contributed by atoms with Crippen molar-refractivity contribution < 1.29 is 4.74 Å². The number of hydrogen-bond donors (Lipinski definition) is 1. The fourth-order valence-electron chi connectivity index (χ4n) is 1.32. The zero-order valence-corrected chi connectivity index (χ0v) is 9.05. The maximum absolute atomic E-state index is 5.47. The van der Waals surface area contributed by atoms with Gasteiger partial charge in [-0.1, -0.05) is 12.1 Å². The molecule has 82 valence electrons. The van der Waals surface area contributed by atoms with E-state index >= 15 is 0 Å². The Balaban J connectivity index is 2.05. The van der Waals surface area contributed by atoms with Crippen molar-refractivity contribution in [2.45, 2.75) is 6.54 Å². The summed E-state index contributed by atoms with van der Waals surface area (Å²) in [6.45, 7) is 0.849. The molecule has 4 nitrogen and oxygen atoms in total. The molecule has 0 unspecified atom stereocenters. The van der Waals surface area contributed by atoms with Crippen molar-refractivity contribution in [1.29, 1.82) is 0 Å². The van der Waals surface area contributed by atoms with Crippen LogP contribution >= 0.6 is 0 Å². The molecule has 1 N–H and O–H groups in total. The highest BCUT2D eigenvalue weighted by molar-refractivity contribution is 5.28. The highest BCUT2D eigenvalue weighted by Gasteiger charge is 1.98. The number of aromatic nitrogens is 2. The van der Waals surface area contributed by atoms with E-state index in [2.05, 4.69) is 15.3 Å². The van der Waals surface area contributed by atoms with Crippen LogP contribution in [0.5, 0.6) is 11.8 Å². The zero-order chi connectivity index (χ0) is 11.2. The number of benzene rings is 1. The predicted octanol–water partition coefficient (Wildman–Crippen LogP) is 1.99. The van der Waals surface area contributed by atoms with Gasteiger partial charge in [-0.2, -0.15) is 0 Å². The Bertz CT molecular complexity index is 428. The first kappa shape index (κ1) is 10.6. The smallest absolute Gasteiger partial charge is 0.321 e. The van der Waals surface area contributed by atoms with Gasteiger partial charge in [0, 0.05) is 18.9 Å². The molecule has 1 heterocycles. The van der Waals surface area contributed by atoms with Gasteiger partial charge in [-0.3, -0.25) is 0 Å². The number of rotatable bonds is 4. The van der Waals surface area contributed by atoms with E-state index in [9.17, 15) is 0 Å². The molecule has 2 aromatic rings. The molecular weight excluding hydrogens is 202 g/mol. The van der Waals surface area contributed by atoms with Crippen molar-refractivity contribution in [3.8, 4) is 11.8 Å². The Morgan fingerprint density at radius 3 is 2.44 bits per heavy atom. The molecule has 0 aliphatic heterocycles. The minimum atomic E-state index is 0.365.